The summed E-state index contributed by atoms with van der Waals surface area (Å²) in [5.41, 5.74) is 6.34. The Bertz CT molecular complexity index is 753. The molecule has 0 aliphatic heterocycles. The van der Waals surface area contributed by atoms with E-state index in [0.29, 0.717) is 0 Å². The van der Waals surface area contributed by atoms with E-state index in [-0.39, 0.29) is 10.8 Å². The summed E-state index contributed by atoms with van der Waals surface area (Å²) >= 11 is 0. The maximum absolute atomic E-state index is 12.0. The fraction of sp³-hybridized carbons (Fsp3) is 0.409. The van der Waals surface area contributed by atoms with Gasteiger partial charge in [-0.3, -0.25) is 4.79 Å². The molecular formula is C22H26O2. The summed E-state index contributed by atoms with van der Waals surface area (Å²) in [5.74, 6) is -1.34. The highest BCUT2D eigenvalue weighted by molar-refractivity contribution is 5.93. The predicted octanol–water partition coefficient (Wildman–Crippen LogP) is 5.48. The zero-order valence-electron chi connectivity index (χ0n) is 15.4. The van der Waals surface area contributed by atoms with E-state index < -0.39 is 11.9 Å². The van der Waals surface area contributed by atoms with Crippen molar-refractivity contribution in [1.29, 1.82) is 0 Å². The zero-order valence-corrected chi connectivity index (χ0v) is 15.4. The minimum atomic E-state index is -0.771. The summed E-state index contributed by atoms with van der Waals surface area (Å²) in [6, 6.07) is 12.6. The number of hydrogen-bond acceptors (Lipinski definition) is 1. The van der Waals surface area contributed by atoms with E-state index in [1.807, 2.05) is 0 Å². The van der Waals surface area contributed by atoms with Gasteiger partial charge in [-0.05, 0) is 44.2 Å². The molecule has 0 radical (unpaired) electrons. The molecule has 0 unspecified atom stereocenters. The van der Waals surface area contributed by atoms with Crippen LogP contribution in [0.2, 0.25) is 0 Å². The fourth-order valence-electron chi connectivity index (χ4n) is 3.46. The molecule has 0 amide bonds. The third-order valence-corrected chi connectivity index (χ3v) is 4.99. The lowest BCUT2D eigenvalue weighted by Gasteiger charge is -2.21. The molecule has 126 valence electrons. The smallest absolute Gasteiger partial charge is 0.315 e. The summed E-state index contributed by atoms with van der Waals surface area (Å²) in [6.07, 6.45) is 0. The van der Waals surface area contributed by atoms with Crippen molar-refractivity contribution >= 4 is 5.97 Å². The summed E-state index contributed by atoms with van der Waals surface area (Å²) in [6.45, 7) is 12.9. The van der Waals surface area contributed by atoms with Crippen molar-refractivity contribution in [1.82, 2.24) is 0 Å². The lowest BCUT2D eigenvalue weighted by molar-refractivity contribution is -0.137. The van der Waals surface area contributed by atoms with Gasteiger partial charge in [-0.2, -0.15) is 0 Å². The first-order chi connectivity index (χ1) is 11.0. The number of rotatable bonds is 1. The Labute approximate surface area is 144 Å². The largest absolute Gasteiger partial charge is 0.481 e. The van der Waals surface area contributed by atoms with Crippen molar-refractivity contribution in [2.45, 2.75) is 58.3 Å². The zero-order chi connectivity index (χ0) is 17.9. The van der Waals surface area contributed by atoms with Gasteiger partial charge in [-0.25, -0.2) is 0 Å². The number of hydrogen-bond donors (Lipinski definition) is 1. The number of carboxylic acids is 1. The number of carboxylic acid groups (broad SMARTS) is 1. The minimum Gasteiger partial charge on any atom is -0.481 e. The van der Waals surface area contributed by atoms with Crippen molar-refractivity contribution < 1.29 is 9.90 Å². The highest BCUT2D eigenvalue weighted by Crippen LogP contribution is 2.47. The number of aliphatic carboxylic acids is 1. The average Bonchev–Trinajstić information content (AvgIpc) is 2.78. The van der Waals surface area contributed by atoms with E-state index in [4.69, 9.17) is 0 Å². The van der Waals surface area contributed by atoms with Crippen molar-refractivity contribution in [3.05, 3.63) is 58.7 Å². The first-order valence-corrected chi connectivity index (χ1v) is 8.52. The molecule has 1 aliphatic rings. The summed E-state index contributed by atoms with van der Waals surface area (Å²) in [4.78, 5) is 12.0. The van der Waals surface area contributed by atoms with Crippen LogP contribution in [0.15, 0.2) is 36.4 Å². The van der Waals surface area contributed by atoms with Crippen LogP contribution in [0, 0.1) is 0 Å². The SMILES string of the molecule is CC(C)(C)c1ccc2c(c1)C(C(=O)O)c1cc(C(C)(C)C)ccc1-2. The van der Waals surface area contributed by atoms with Gasteiger partial charge >= 0.3 is 5.97 Å². The monoisotopic (exact) mass is 322 g/mol. The first-order valence-electron chi connectivity index (χ1n) is 8.52. The molecule has 2 aromatic carbocycles. The van der Waals surface area contributed by atoms with Gasteiger partial charge in [0.2, 0.25) is 0 Å². The molecule has 0 atom stereocenters. The lowest BCUT2D eigenvalue weighted by atomic mass is 9.83. The molecule has 0 aromatic heterocycles. The second kappa shape index (κ2) is 5.20. The average molecular weight is 322 g/mol. The Hall–Kier alpha value is -2.09. The summed E-state index contributed by atoms with van der Waals surface area (Å²) < 4.78 is 0. The number of carbonyl (C=O) groups is 1. The molecular weight excluding hydrogens is 296 g/mol. The van der Waals surface area contributed by atoms with Crippen LogP contribution in [0.1, 0.15) is 69.7 Å². The van der Waals surface area contributed by atoms with Crippen molar-refractivity contribution in [3.8, 4) is 11.1 Å². The molecule has 0 saturated heterocycles. The summed E-state index contributed by atoms with van der Waals surface area (Å²) in [5, 5.41) is 9.89. The molecule has 0 saturated carbocycles. The lowest BCUT2D eigenvalue weighted by Crippen LogP contribution is -2.15. The van der Waals surface area contributed by atoms with E-state index >= 15 is 0 Å². The molecule has 3 rings (SSSR count). The fourth-order valence-corrected chi connectivity index (χ4v) is 3.46. The normalized spacial score (nSPS) is 14.4. The van der Waals surface area contributed by atoms with Crippen LogP contribution in [0.4, 0.5) is 0 Å². The van der Waals surface area contributed by atoms with Crippen molar-refractivity contribution in [2.24, 2.45) is 0 Å². The van der Waals surface area contributed by atoms with Crippen molar-refractivity contribution in [2.75, 3.05) is 0 Å². The highest BCUT2D eigenvalue weighted by atomic mass is 16.4. The van der Waals surface area contributed by atoms with Gasteiger partial charge in [0.25, 0.3) is 0 Å². The molecule has 24 heavy (non-hydrogen) atoms. The van der Waals surface area contributed by atoms with Gasteiger partial charge in [0.05, 0.1) is 0 Å². The molecule has 2 aromatic rings. The molecule has 2 nitrogen and oxygen atoms in total. The molecule has 2 heteroatoms. The Morgan fingerprint density at radius 3 is 1.46 bits per heavy atom. The topological polar surface area (TPSA) is 37.3 Å². The van der Waals surface area contributed by atoms with E-state index in [9.17, 15) is 9.90 Å². The number of fused-ring (bicyclic) bond motifs is 3. The predicted molar refractivity (Wildman–Crippen MR) is 98.8 cm³/mol. The van der Waals surface area contributed by atoms with E-state index in [1.54, 1.807) is 0 Å². The van der Waals surface area contributed by atoms with Crippen LogP contribution in [0.3, 0.4) is 0 Å². The maximum Gasteiger partial charge on any atom is 0.315 e. The van der Waals surface area contributed by atoms with Gasteiger partial charge in [0.1, 0.15) is 5.92 Å². The second-order valence-electron chi connectivity index (χ2n) is 8.88. The minimum absolute atomic E-state index is 0.00340. The Morgan fingerprint density at radius 1 is 0.792 bits per heavy atom. The van der Waals surface area contributed by atoms with Gasteiger partial charge in [0, 0.05) is 0 Å². The van der Waals surface area contributed by atoms with Crippen LogP contribution in [-0.4, -0.2) is 11.1 Å². The first kappa shape index (κ1) is 16.8. The Balaban J connectivity index is 2.23. The van der Waals surface area contributed by atoms with Crippen LogP contribution >= 0.6 is 0 Å². The molecule has 0 heterocycles. The van der Waals surface area contributed by atoms with Crippen molar-refractivity contribution in [3.63, 3.8) is 0 Å². The van der Waals surface area contributed by atoms with Crippen LogP contribution in [0.5, 0.6) is 0 Å². The van der Waals surface area contributed by atoms with Gasteiger partial charge in [0.15, 0.2) is 0 Å². The maximum atomic E-state index is 12.0. The Morgan fingerprint density at radius 2 is 1.17 bits per heavy atom. The van der Waals surface area contributed by atoms with Gasteiger partial charge < -0.3 is 5.11 Å². The Kier molecular flexibility index (Phi) is 3.63. The van der Waals surface area contributed by atoms with Crippen LogP contribution < -0.4 is 0 Å². The molecule has 0 fully saturated rings. The van der Waals surface area contributed by atoms with E-state index in [2.05, 4.69) is 77.9 Å². The van der Waals surface area contributed by atoms with E-state index in [0.717, 1.165) is 22.3 Å². The second-order valence-corrected chi connectivity index (χ2v) is 8.88. The molecule has 1 aliphatic carbocycles. The van der Waals surface area contributed by atoms with Crippen LogP contribution in [-0.2, 0) is 15.6 Å². The van der Waals surface area contributed by atoms with E-state index in [1.165, 1.54) is 11.1 Å². The molecule has 0 spiro atoms. The standard InChI is InChI=1S/C22H26O2/c1-21(2,3)13-7-9-15-16-10-8-14(22(4,5)6)12-18(16)19(20(23)24)17(15)11-13/h7-12,19H,1-6H3,(H,23,24). The van der Waals surface area contributed by atoms with Gasteiger partial charge in [-0.1, -0.05) is 77.9 Å². The third kappa shape index (κ3) is 2.64. The highest BCUT2D eigenvalue weighted by Gasteiger charge is 2.35. The quantitative estimate of drug-likeness (QED) is 0.755. The molecule has 0 bridgehead atoms. The van der Waals surface area contributed by atoms with Gasteiger partial charge in [-0.15, -0.1) is 0 Å². The molecule has 1 N–H and O–H groups in total. The number of benzene rings is 2. The third-order valence-electron chi connectivity index (χ3n) is 4.99. The summed E-state index contributed by atoms with van der Waals surface area (Å²) in [7, 11) is 0. The van der Waals surface area contributed by atoms with Crippen LogP contribution in [0.25, 0.3) is 11.1 Å².